The largest absolute Gasteiger partial charge is 0.353 e. The van der Waals surface area contributed by atoms with Gasteiger partial charge in [0.15, 0.2) is 0 Å². The summed E-state index contributed by atoms with van der Waals surface area (Å²) in [7, 11) is 2.09. The van der Waals surface area contributed by atoms with Crippen molar-refractivity contribution in [2.45, 2.75) is 31.4 Å². The van der Waals surface area contributed by atoms with E-state index in [0.29, 0.717) is 6.54 Å². The van der Waals surface area contributed by atoms with Gasteiger partial charge in [0.25, 0.3) is 5.92 Å². The molecular formula is C13H24F2N4O. The summed E-state index contributed by atoms with van der Waals surface area (Å²) < 4.78 is 26.1. The third kappa shape index (κ3) is 4.10. The molecule has 7 heteroatoms. The van der Waals surface area contributed by atoms with Crippen molar-refractivity contribution in [3.05, 3.63) is 0 Å². The second-order valence-electron chi connectivity index (χ2n) is 5.93. The Balaban J connectivity index is 1.70. The van der Waals surface area contributed by atoms with Crippen LogP contribution in [0.5, 0.6) is 0 Å². The van der Waals surface area contributed by atoms with Crippen LogP contribution in [-0.2, 0) is 4.79 Å². The quantitative estimate of drug-likeness (QED) is 0.749. The predicted molar refractivity (Wildman–Crippen MR) is 72.9 cm³/mol. The van der Waals surface area contributed by atoms with E-state index < -0.39 is 24.9 Å². The minimum absolute atomic E-state index is 0.231. The van der Waals surface area contributed by atoms with E-state index in [1.54, 1.807) is 0 Å². The number of likely N-dealkylation sites (N-methyl/N-ethyl adjacent to an activating group) is 1. The molecule has 0 radical (unpaired) electrons. The molecule has 0 spiro atoms. The second-order valence-corrected chi connectivity index (χ2v) is 5.93. The number of carbonyl (C=O) groups excluding carboxylic acids is 1. The molecule has 2 saturated heterocycles. The van der Waals surface area contributed by atoms with E-state index in [2.05, 4.69) is 34.4 Å². The summed E-state index contributed by atoms with van der Waals surface area (Å²) in [5.41, 5.74) is 0. The third-order valence-electron chi connectivity index (χ3n) is 4.16. The van der Waals surface area contributed by atoms with E-state index in [4.69, 9.17) is 0 Å². The highest BCUT2D eigenvalue weighted by atomic mass is 19.3. The van der Waals surface area contributed by atoms with Crippen molar-refractivity contribution >= 4 is 5.91 Å². The summed E-state index contributed by atoms with van der Waals surface area (Å²) in [6.07, 6.45) is -0.401. The summed E-state index contributed by atoms with van der Waals surface area (Å²) in [6, 6.07) is -0.528. The van der Waals surface area contributed by atoms with Crippen LogP contribution in [0.15, 0.2) is 0 Å². The summed E-state index contributed by atoms with van der Waals surface area (Å²) in [5.74, 6) is -3.08. The van der Waals surface area contributed by atoms with Gasteiger partial charge >= 0.3 is 0 Å². The SMILES string of the molecule is CC(CNC(=O)C1CC(F)(F)CN1)N1CCN(C)CC1. The fourth-order valence-electron chi connectivity index (χ4n) is 2.66. The lowest BCUT2D eigenvalue weighted by Gasteiger charge is -2.36. The van der Waals surface area contributed by atoms with Gasteiger partial charge in [0.05, 0.1) is 12.6 Å². The van der Waals surface area contributed by atoms with Crippen LogP contribution in [0.2, 0.25) is 0 Å². The van der Waals surface area contributed by atoms with Gasteiger partial charge in [-0.2, -0.15) is 0 Å². The minimum Gasteiger partial charge on any atom is -0.353 e. The molecule has 0 bridgehead atoms. The lowest BCUT2D eigenvalue weighted by atomic mass is 10.1. The maximum absolute atomic E-state index is 13.0. The average Bonchev–Trinajstić information content (AvgIpc) is 2.77. The van der Waals surface area contributed by atoms with Crippen LogP contribution < -0.4 is 10.6 Å². The first-order chi connectivity index (χ1) is 9.37. The van der Waals surface area contributed by atoms with Crippen LogP contribution in [0.3, 0.4) is 0 Å². The highest BCUT2D eigenvalue weighted by molar-refractivity contribution is 5.82. The van der Waals surface area contributed by atoms with Crippen molar-refractivity contribution in [1.29, 1.82) is 0 Å². The number of rotatable bonds is 4. The highest BCUT2D eigenvalue weighted by Gasteiger charge is 2.42. The van der Waals surface area contributed by atoms with Crippen molar-refractivity contribution < 1.29 is 13.6 Å². The van der Waals surface area contributed by atoms with Crippen LogP contribution in [0, 0.1) is 0 Å². The smallest absolute Gasteiger partial charge is 0.262 e. The van der Waals surface area contributed by atoms with Gasteiger partial charge in [0.1, 0.15) is 0 Å². The molecule has 5 nitrogen and oxygen atoms in total. The molecule has 2 aliphatic rings. The van der Waals surface area contributed by atoms with Gasteiger partial charge in [-0.25, -0.2) is 8.78 Å². The maximum Gasteiger partial charge on any atom is 0.262 e. The molecule has 0 aromatic carbocycles. The number of nitrogens with zero attached hydrogens (tertiary/aromatic N) is 2. The molecule has 0 saturated carbocycles. The van der Waals surface area contributed by atoms with E-state index in [-0.39, 0.29) is 11.9 Å². The fraction of sp³-hybridized carbons (Fsp3) is 0.923. The molecule has 2 aliphatic heterocycles. The molecule has 0 aromatic heterocycles. The van der Waals surface area contributed by atoms with Crippen LogP contribution in [0.1, 0.15) is 13.3 Å². The Morgan fingerprint density at radius 2 is 2.05 bits per heavy atom. The molecule has 2 unspecified atom stereocenters. The molecule has 2 N–H and O–H groups in total. The monoisotopic (exact) mass is 290 g/mol. The first-order valence-corrected chi connectivity index (χ1v) is 7.19. The molecule has 0 aliphatic carbocycles. The number of nitrogens with one attached hydrogen (secondary N) is 2. The number of amides is 1. The number of hydrogen-bond donors (Lipinski definition) is 2. The van der Waals surface area contributed by atoms with E-state index >= 15 is 0 Å². The Morgan fingerprint density at radius 3 is 2.60 bits per heavy atom. The Bertz CT molecular complexity index is 345. The van der Waals surface area contributed by atoms with Gasteiger partial charge in [-0.1, -0.05) is 0 Å². The normalized spacial score (nSPS) is 29.3. The van der Waals surface area contributed by atoms with Gasteiger partial charge in [0.2, 0.25) is 5.91 Å². The van der Waals surface area contributed by atoms with Crippen LogP contribution in [0.4, 0.5) is 8.78 Å². The Kier molecular flexibility index (Phi) is 4.93. The fourth-order valence-corrected chi connectivity index (χ4v) is 2.66. The van der Waals surface area contributed by atoms with Gasteiger partial charge in [0, 0.05) is 45.2 Å². The molecule has 2 atom stereocenters. The van der Waals surface area contributed by atoms with Crippen LogP contribution in [0.25, 0.3) is 0 Å². The molecule has 116 valence electrons. The highest BCUT2D eigenvalue weighted by Crippen LogP contribution is 2.24. The van der Waals surface area contributed by atoms with Crippen molar-refractivity contribution in [3.63, 3.8) is 0 Å². The molecular weight excluding hydrogens is 266 g/mol. The van der Waals surface area contributed by atoms with Crippen molar-refractivity contribution in [2.75, 3.05) is 46.3 Å². The van der Waals surface area contributed by atoms with Gasteiger partial charge in [-0.05, 0) is 14.0 Å². The topological polar surface area (TPSA) is 47.6 Å². The minimum atomic E-state index is -2.76. The van der Waals surface area contributed by atoms with Gasteiger partial charge in [-0.3, -0.25) is 15.0 Å². The van der Waals surface area contributed by atoms with E-state index in [0.717, 1.165) is 26.2 Å². The average molecular weight is 290 g/mol. The second kappa shape index (κ2) is 6.32. The van der Waals surface area contributed by atoms with E-state index in [1.165, 1.54) is 0 Å². The number of piperazine rings is 1. The first-order valence-electron chi connectivity index (χ1n) is 7.19. The predicted octanol–water partition coefficient (Wildman–Crippen LogP) is -0.264. The van der Waals surface area contributed by atoms with Crippen LogP contribution >= 0.6 is 0 Å². The summed E-state index contributed by atoms with van der Waals surface area (Å²) in [4.78, 5) is 16.4. The maximum atomic E-state index is 13.0. The van der Waals surface area contributed by atoms with Crippen molar-refractivity contribution in [2.24, 2.45) is 0 Å². The molecule has 2 rings (SSSR count). The zero-order chi connectivity index (χ0) is 14.8. The molecule has 1 amide bonds. The van der Waals surface area contributed by atoms with Crippen LogP contribution in [-0.4, -0.2) is 80.0 Å². The van der Waals surface area contributed by atoms with E-state index in [1.807, 2.05) is 0 Å². The summed E-state index contributed by atoms with van der Waals surface area (Å²) >= 11 is 0. The van der Waals surface area contributed by atoms with Crippen molar-refractivity contribution in [3.8, 4) is 0 Å². The van der Waals surface area contributed by atoms with Gasteiger partial charge < -0.3 is 10.2 Å². The Labute approximate surface area is 118 Å². The molecule has 2 heterocycles. The molecule has 20 heavy (non-hydrogen) atoms. The lowest BCUT2D eigenvalue weighted by molar-refractivity contribution is -0.123. The summed E-state index contributed by atoms with van der Waals surface area (Å²) in [5, 5.41) is 5.35. The standard InChI is InChI=1S/C13H24F2N4O/c1-10(19-5-3-18(2)4-6-19)8-16-12(20)11-7-13(14,15)9-17-11/h10-11,17H,3-9H2,1-2H3,(H,16,20). The third-order valence-corrected chi connectivity index (χ3v) is 4.16. The Hall–Kier alpha value is -0.790. The molecule has 2 fully saturated rings. The Morgan fingerprint density at radius 1 is 1.40 bits per heavy atom. The van der Waals surface area contributed by atoms with Crippen molar-refractivity contribution in [1.82, 2.24) is 20.4 Å². The van der Waals surface area contributed by atoms with Gasteiger partial charge in [-0.15, -0.1) is 0 Å². The zero-order valence-corrected chi connectivity index (χ0v) is 12.2. The lowest BCUT2D eigenvalue weighted by Crippen LogP contribution is -2.52. The number of carbonyl (C=O) groups is 1. The summed E-state index contributed by atoms with van der Waals surface area (Å²) in [6.45, 7) is 6.16. The zero-order valence-electron chi connectivity index (χ0n) is 12.2. The molecule has 0 aromatic rings. The number of hydrogen-bond acceptors (Lipinski definition) is 4. The number of halogens is 2. The van der Waals surface area contributed by atoms with E-state index in [9.17, 15) is 13.6 Å². The number of alkyl halides is 2. The first kappa shape index (κ1) is 15.6.